The number of nitrogens with zero attached hydrogens (tertiary/aromatic N) is 3. The summed E-state index contributed by atoms with van der Waals surface area (Å²) in [5, 5.41) is 4.13. The first-order valence-electron chi connectivity index (χ1n) is 5.55. The third-order valence-electron chi connectivity index (χ3n) is 3.22. The molecule has 0 saturated carbocycles. The van der Waals surface area contributed by atoms with Gasteiger partial charge in [0.25, 0.3) is 0 Å². The van der Waals surface area contributed by atoms with Gasteiger partial charge in [-0.3, -0.25) is 14.4 Å². The average molecular weight is 222 g/mol. The third kappa shape index (κ3) is 2.24. The van der Waals surface area contributed by atoms with E-state index in [0.29, 0.717) is 5.92 Å². The van der Waals surface area contributed by atoms with Crippen molar-refractivity contribution in [2.24, 2.45) is 24.6 Å². The molecule has 1 saturated heterocycles. The Morgan fingerprint density at radius 2 is 2.38 bits per heavy atom. The number of rotatable bonds is 3. The molecule has 0 aliphatic carbocycles. The summed E-state index contributed by atoms with van der Waals surface area (Å²) in [6.45, 7) is 4.63. The molecule has 1 aliphatic heterocycles. The number of hydrogen-bond donors (Lipinski definition) is 1. The number of hydrogen-bond acceptors (Lipinski definition) is 3. The van der Waals surface area contributed by atoms with Crippen LogP contribution in [-0.2, 0) is 18.4 Å². The maximum Gasteiger partial charge on any atom is 0.222 e. The molecule has 2 rings (SSSR count). The quantitative estimate of drug-likeness (QED) is 0.781. The topological polar surface area (TPSA) is 64.2 Å². The number of aromatic nitrogens is 2. The summed E-state index contributed by atoms with van der Waals surface area (Å²) in [5.74, 6) is 0.173. The van der Waals surface area contributed by atoms with Gasteiger partial charge in [-0.15, -0.1) is 0 Å². The molecular weight excluding hydrogens is 204 g/mol. The molecule has 0 bridgehead atoms. The van der Waals surface area contributed by atoms with E-state index in [0.717, 1.165) is 19.6 Å². The molecule has 2 N–H and O–H groups in total. The van der Waals surface area contributed by atoms with E-state index in [9.17, 15) is 4.79 Å². The number of likely N-dealkylation sites (tertiary alicyclic amines) is 1. The molecule has 0 unspecified atom stereocenters. The number of amides is 1. The van der Waals surface area contributed by atoms with E-state index in [2.05, 4.69) is 16.9 Å². The minimum Gasteiger partial charge on any atom is -0.369 e. The Hall–Kier alpha value is -1.36. The summed E-state index contributed by atoms with van der Waals surface area (Å²) in [5.41, 5.74) is 6.55. The highest BCUT2D eigenvalue weighted by Crippen LogP contribution is 2.23. The lowest BCUT2D eigenvalue weighted by Gasteiger charge is -2.13. The minimum absolute atomic E-state index is 0.00308. The third-order valence-corrected chi connectivity index (χ3v) is 3.22. The van der Waals surface area contributed by atoms with Gasteiger partial charge in [-0.05, 0) is 5.92 Å². The molecule has 0 aromatic carbocycles. The fraction of sp³-hybridized carbons (Fsp3) is 0.636. The Labute approximate surface area is 95.2 Å². The van der Waals surface area contributed by atoms with Crippen LogP contribution in [0.25, 0.3) is 0 Å². The second-order valence-electron chi connectivity index (χ2n) is 4.70. The molecule has 2 atom stereocenters. The molecule has 2 heterocycles. The summed E-state index contributed by atoms with van der Waals surface area (Å²) < 4.78 is 1.79. The van der Waals surface area contributed by atoms with E-state index in [1.807, 2.05) is 19.4 Å². The molecule has 1 amide bonds. The SMILES string of the molecule is C[C@@H]1CN(Cc2cnn(C)c2)C[C@H]1C(N)=O. The molecule has 0 spiro atoms. The normalized spacial score (nSPS) is 26.1. The van der Waals surface area contributed by atoms with Crippen LogP contribution in [0, 0.1) is 11.8 Å². The predicted molar refractivity (Wildman–Crippen MR) is 60.3 cm³/mol. The lowest BCUT2D eigenvalue weighted by Crippen LogP contribution is -2.29. The zero-order chi connectivity index (χ0) is 11.7. The maximum absolute atomic E-state index is 11.2. The van der Waals surface area contributed by atoms with Gasteiger partial charge >= 0.3 is 0 Å². The van der Waals surface area contributed by atoms with Crippen molar-refractivity contribution in [1.82, 2.24) is 14.7 Å². The molecule has 5 heteroatoms. The van der Waals surface area contributed by atoms with Gasteiger partial charge in [0, 0.05) is 38.4 Å². The van der Waals surface area contributed by atoms with Crippen LogP contribution in [0.1, 0.15) is 12.5 Å². The standard InChI is InChI=1S/C11H18N4O/c1-8-4-15(7-10(8)11(12)16)6-9-3-13-14(2)5-9/h3,5,8,10H,4,6-7H2,1-2H3,(H2,12,16)/t8-,10-/m1/s1. The number of carbonyl (C=O) groups excluding carboxylic acids is 1. The number of carbonyl (C=O) groups is 1. The number of aryl methyl sites for hydroxylation is 1. The average Bonchev–Trinajstić information content (AvgIpc) is 2.73. The smallest absolute Gasteiger partial charge is 0.222 e. The van der Waals surface area contributed by atoms with Crippen molar-refractivity contribution in [1.29, 1.82) is 0 Å². The van der Waals surface area contributed by atoms with Gasteiger partial charge in [-0.25, -0.2) is 0 Å². The summed E-state index contributed by atoms with van der Waals surface area (Å²) in [4.78, 5) is 13.5. The van der Waals surface area contributed by atoms with Gasteiger partial charge in [0.2, 0.25) is 5.91 Å². The summed E-state index contributed by atoms with van der Waals surface area (Å²) in [6, 6.07) is 0. The van der Waals surface area contributed by atoms with Gasteiger partial charge in [0.1, 0.15) is 0 Å². The first-order chi connectivity index (χ1) is 7.56. The van der Waals surface area contributed by atoms with Crippen molar-refractivity contribution in [3.8, 4) is 0 Å². The van der Waals surface area contributed by atoms with Crippen LogP contribution in [0.15, 0.2) is 12.4 Å². The minimum atomic E-state index is -0.179. The summed E-state index contributed by atoms with van der Waals surface area (Å²) in [6.07, 6.45) is 3.87. The molecule has 5 nitrogen and oxygen atoms in total. The van der Waals surface area contributed by atoms with Gasteiger partial charge < -0.3 is 5.73 Å². The van der Waals surface area contributed by atoms with Gasteiger partial charge in [0.05, 0.1) is 12.1 Å². The van der Waals surface area contributed by atoms with Crippen LogP contribution in [0.4, 0.5) is 0 Å². The Morgan fingerprint density at radius 3 is 2.88 bits per heavy atom. The molecular formula is C11H18N4O. The fourth-order valence-corrected chi connectivity index (χ4v) is 2.38. The second kappa shape index (κ2) is 4.25. The zero-order valence-corrected chi connectivity index (χ0v) is 9.76. The van der Waals surface area contributed by atoms with Crippen LogP contribution in [-0.4, -0.2) is 33.7 Å². The molecule has 88 valence electrons. The van der Waals surface area contributed by atoms with E-state index in [-0.39, 0.29) is 11.8 Å². The Kier molecular flexibility index (Phi) is 2.96. The predicted octanol–water partition coefficient (Wildman–Crippen LogP) is -0.0267. The number of primary amides is 1. The van der Waals surface area contributed by atoms with Crippen molar-refractivity contribution in [2.75, 3.05) is 13.1 Å². The molecule has 0 radical (unpaired) electrons. The largest absolute Gasteiger partial charge is 0.369 e. The fourth-order valence-electron chi connectivity index (χ4n) is 2.38. The van der Waals surface area contributed by atoms with Gasteiger partial charge in [-0.1, -0.05) is 6.92 Å². The van der Waals surface area contributed by atoms with Crippen LogP contribution in [0.5, 0.6) is 0 Å². The maximum atomic E-state index is 11.2. The number of nitrogens with two attached hydrogens (primary N) is 1. The van der Waals surface area contributed by atoms with E-state index >= 15 is 0 Å². The van der Waals surface area contributed by atoms with E-state index in [4.69, 9.17) is 5.73 Å². The molecule has 1 aromatic rings. The van der Waals surface area contributed by atoms with Crippen molar-refractivity contribution in [3.63, 3.8) is 0 Å². The zero-order valence-electron chi connectivity index (χ0n) is 9.76. The van der Waals surface area contributed by atoms with Crippen LogP contribution in [0.2, 0.25) is 0 Å². The van der Waals surface area contributed by atoms with Crippen LogP contribution in [0.3, 0.4) is 0 Å². The van der Waals surface area contributed by atoms with Crippen molar-refractivity contribution in [2.45, 2.75) is 13.5 Å². The Balaban J connectivity index is 1.96. The lowest BCUT2D eigenvalue weighted by atomic mass is 9.98. The van der Waals surface area contributed by atoms with Gasteiger partial charge in [0.15, 0.2) is 0 Å². The highest BCUT2D eigenvalue weighted by atomic mass is 16.1. The van der Waals surface area contributed by atoms with E-state index in [1.165, 1.54) is 5.56 Å². The van der Waals surface area contributed by atoms with Gasteiger partial charge in [-0.2, -0.15) is 5.10 Å². The summed E-state index contributed by atoms with van der Waals surface area (Å²) >= 11 is 0. The van der Waals surface area contributed by atoms with E-state index < -0.39 is 0 Å². The van der Waals surface area contributed by atoms with Crippen molar-refractivity contribution >= 4 is 5.91 Å². The van der Waals surface area contributed by atoms with Crippen LogP contribution < -0.4 is 5.73 Å². The van der Waals surface area contributed by atoms with E-state index in [1.54, 1.807) is 4.68 Å². The molecule has 1 fully saturated rings. The first kappa shape index (κ1) is 11.1. The Bertz CT molecular complexity index is 387. The molecule has 16 heavy (non-hydrogen) atoms. The highest BCUT2D eigenvalue weighted by Gasteiger charge is 2.33. The monoisotopic (exact) mass is 222 g/mol. The van der Waals surface area contributed by atoms with Crippen molar-refractivity contribution < 1.29 is 4.79 Å². The lowest BCUT2D eigenvalue weighted by molar-refractivity contribution is -0.122. The molecule has 1 aromatic heterocycles. The summed E-state index contributed by atoms with van der Waals surface area (Å²) in [7, 11) is 1.91. The first-order valence-corrected chi connectivity index (χ1v) is 5.55. The van der Waals surface area contributed by atoms with Crippen LogP contribution >= 0.6 is 0 Å². The second-order valence-corrected chi connectivity index (χ2v) is 4.70. The highest BCUT2D eigenvalue weighted by molar-refractivity contribution is 5.77. The Morgan fingerprint density at radius 1 is 1.62 bits per heavy atom. The molecule has 1 aliphatic rings. The van der Waals surface area contributed by atoms with Crippen molar-refractivity contribution in [3.05, 3.63) is 18.0 Å².